The molecule has 0 spiro atoms. The molecule has 1 aromatic rings. The quantitative estimate of drug-likeness (QED) is 0.785. The lowest BCUT2D eigenvalue weighted by atomic mass is 9.84. The number of rotatable bonds is 4. The Morgan fingerprint density at radius 3 is 2.70 bits per heavy atom. The minimum absolute atomic E-state index is 0.0983. The van der Waals surface area contributed by atoms with Crippen LogP contribution < -0.4 is 11.1 Å². The molecule has 1 saturated carbocycles. The fraction of sp³-hybridized carbons (Fsp3) is 0.467. The maximum Gasteiger partial charge on any atom is 0.311 e. The van der Waals surface area contributed by atoms with Crippen LogP contribution in [0, 0.1) is 12.3 Å². The molecule has 2 unspecified atom stereocenters. The minimum Gasteiger partial charge on any atom is -0.481 e. The number of carbonyl (C=O) groups excluding carboxylic acids is 1. The van der Waals surface area contributed by atoms with Crippen LogP contribution in [0.25, 0.3) is 0 Å². The first kappa shape index (κ1) is 14.4. The Balaban J connectivity index is 2.20. The normalized spacial score (nSPS) is 25.4. The van der Waals surface area contributed by atoms with E-state index in [1.165, 1.54) is 0 Å². The molecule has 5 nitrogen and oxygen atoms in total. The van der Waals surface area contributed by atoms with Crippen LogP contribution in [0.1, 0.15) is 42.1 Å². The van der Waals surface area contributed by atoms with Crippen LogP contribution in [0.4, 0.5) is 5.69 Å². The molecule has 20 heavy (non-hydrogen) atoms. The first-order valence-corrected chi connectivity index (χ1v) is 6.75. The van der Waals surface area contributed by atoms with Crippen LogP contribution >= 0.6 is 0 Å². The van der Waals surface area contributed by atoms with Gasteiger partial charge in [0.25, 0.3) is 0 Å². The summed E-state index contributed by atoms with van der Waals surface area (Å²) in [5, 5.41) is 12.7. The molecule has 1 fully saturated rings. The number of aryl methyl sites for hydroxylation is 1. The summed E-state index contributed by atoms with van der Waals surface area (Å²) in [4.78, 5) is 22.6. The molecule has 2 rings (SSSR count). The third kappa shape index (κ3) is 2.48. The van der Waals surface area contributed by atoms with E-state index in [-0.39, 0.29) is 6.04 Å². The predicted octanol–water partition coefficient (Wildman–Crippen LogP) is 2.15. The molecule has 0 radical (unpaired) electrons. The van der Waals surface area contributed by atoms with Gasteiger partial charge in [0.2, 0.25) is 5.91 Å². The monoisotopic (exact) mass is 276 g/mol. The van der Waals surface area contributed by atoms with E-state index < -0.39 is 17.3 Å². The van der Waals surface area contributed by atoms with Crippen molar-refractivity contribution in [3.8, 4) is 0 Å². The average Bonchev–Trinajstić information content (AvgIpc) is 2.72. The summed E-state index contributed by atoms with van der Waals surface area (Å²) < 4.78 is 0. The fourth-order valence-electron chi connectivity index (χ4n) is 2.88. The SMILES string of the molecule is Cc1cc(NC2CCCC2(C)C(=O)O)ccc1C(N)=O. The van der Waals surface area contributed by atoms with Gasteiger partial charge in [0.1, 0.15) is 0 Å². The molecule has 0 saturated heterocycles. The zero-order valence-electron chi connectivity index (χ0n) is 11.8. The highest BCUT2D eigenvalue weighted by Gasteiger charge is 2.45. The van der Waals surface area contributed by atoms with Crippen molar-refractivity contribution in [3.63, 3.8) is 0 Å². The number of primary amides is 1. The molecule has 0 aliphatic heterocycles. The smallest absolute Gasteiger partial charge is 0.311 e. The Labute approximate surface area is 118 Å². The molecule has 1 aliphatic rings. The largest absolute Gasteiger partial charge is 0.481 e. The third-order valence-corrected chi connectivity index (χ3v) is 4.28. The lowest BCUT2D eigenvalue weighted by molar-refractivity contribution is -0.147. The topological polar surface area (TPSA) is 92.4 Å². The van der Waals surface area contributed by atoms with E-state index in [4.69, 9.17) is 5.73 Å². The molecule has 1 aliphatic carbocycles. The van der Waals surface area contributed by atoms with Crippen molar-refractivity contribution in [2.75, 3.05) is 5.32 Å². The van der Waals surface area contributed by atoms with Gasteiger partial charge in [0.05, 0.1) is 5.41 Å². The van der Waals surface area contributed by atoms with Gasteiger partial charge in [-0.2, -0.15) is 0 Å². The molecule has 0 heterocycles. The van der Waals surface area contributed by atoms with Gasteiger partial charge in [-0.15, -0.1) is 0 Å². The molecule has 5 heteroatoms. The van der Waals surface area contributed by atoms with E-state index in [1.54, 1.807) is 19.1 Å². The van der Waals surface area contributed by atoms with E-state index in [0.29, 0.717) is 12.0 Å². The summed E-state index contributed by atoms with van der Waals surface area (Å²) in [5.41, 5.74) is 6.64. The highest BCUT2D eigenvalue weighted by molar-refractivity contribution is 5.94. The highest BCUT2D eigenvalue weighted by atomic mass is 16.4. The minimum atomic E-state index is -0.766. The van der Waals surface area contributed by atoms with Crippen molar-refractivity contribution in [2.45, 2.75) is 39.2 Å². The molecular formula is C15H20N2O3. The summed E-state index contributed by atoms with van der Waals surface area (Å²) in [5.74, 6) is -1.22. The molecule has 1 aromatic carbocycles. The van der Waals surface area contributed by atoms with Gasteiger partial charge in [0.15, 0.2) is 0 Å². The van der Waals surface area contributed by atoms with Crippen molar-refractivity contribution in [1.29, 1.82) is 0 Å². The fourth-order valence-corrected chi connectivity index (χ4v) is 2.88. The lowest BCUT2D eigenvalue weighted by Crippen LogP contribution is -2.40. The maximum absolute atomic E-state index is 11.4. The second-order valence-corrected chi connectivity index (χ2v) is 5.71. The van der Waals surface area contributed by atoms with Gasteiger partial charge in [-0.1, -0.05) is 6.42 Å². The Kier molecular flexibility index (Phi) is 3.70. The van der Waals surface area contributed by atoms with E-state index in [0.717, 1.165) is 24.1 Å². The molecule has 4 N–H and O–H groups in total. The molecule has 2 atom stereocenters. The van der Waals surface area contributed by atoms with Crippen molar-refractivity contribution < 1.29 is 14.7 Å². The van der Waals surface area contributed by atoms with E-state index in [9.17, 15) is 14.7 Å². The molecule has 0 bridgehead atoms. The van der Waals surface area contributed by atoms with E-state index in [1.807, 2.05) is 13.0 Å². The zero-order chi connectivity index (χ0) is 14.9. The van der Waals surface area contributed by atoms with Gasteiger partial charge in [-0.25, -0.2) is 0 Å². The molecule has 1 amide bonds. The Hall–Kier alpha value is -2.04. The number of nitrogens with one attached hydrogen (secondary N) is 1. The van der Waals surface area contributed by atoms with Crippen molar-refractivity contribution in [3.05, 3.63) is 29.3 Å². The average molecular weight is 276 g/mol. The number of aliphatic carboxylic acids is 1. The second-order valence-electron chi connectivity index (χ2n) is 5.71. The Bertz CT molecular complexity index is 556. The summed E-state index contributed by atoms with van der Waals surface area (Å²) in [7, 11) is 0. The van der Waals surface area contributed by atoms with Crippen LogP contribution in [0.5, 0.6) is 0 Å². The van der Waals surface area contributed by atoms with Crippen LogP contribution in [0.2, 0.25) is 0 Å². The van der Waals surface area contributed by atoms with E-state index >= 15 is 0 Å². The van der Waals surface area contributed by atoms with Crippen molar-refractivity contribution in [1.82, 2.24) is 0 Å². The number of anilines is 1. The molecule has 108 valence electrons. The van der Waals surface area contributed by atoms with Gasteiger partial charge in [0, 0.05) is 17.3 Å². The number of benzene rings is 1. The third-order valence-electron chi connectivity index (χ3n) is 4.28. The molecular weight excluding hydrogens is 256 g/mol. The highest BCUT2D eigenvalue weighted by Crippen LogP contribution is 2.40. The van der Waals surface area contributed by atoms with Crippen molar-refractivity contribution >= 4 is 17.6 Å². The summed E-state index contributed by atoms with van der Waals surface area (Å²) in [6.07, 6.45) is 2.41. The first-order valence-electron chi connectivity index (χ1n) is 6.75. The lowest BCUT2D eigenvalue weighted by Gasteiger charge is -2.28. The Morgan fingerprint density at radius 1 is 1.45 bits per heavy atom. The van der Waals surface area contributed by atoms with Crippen LogP contribution in [0.15, 0.2) is 18.2 Å². The van der Waals surface area contributed by atoms with Crippen LogP contribution in [0.3, 0.4) is 0 Å². The number of carboxylic acids is 1. The van der Waals surface area contributed by atoms with Gasteiger partial charge < -0.3 is 16.2 Å². The number of nitrogens with two attached hydrogens (primary N) is 1. The Morgan fingerprint density at radius 2 is 2.15 bits per heavy atom. The number of carbonyl (C=O) groups is 2. The number of hydrogen-bond acceptors (Lipinski definition) is 3. The number of amides is 1. The summed E-state index contributed by atoms with van der Waals surface area (Å²) in [6.45, 7) is 3.60. The number of hydrogen-bond donors (Lipinski definition) is 3. The van der Waals surface area contributed by atoms with Crippen LogP contribution in [-0.4, -0.2) is 23.0 Å². The number of carboxylic acid groups (broad SMARTS) is 1. The standard InChI is InChI=1S/C15H20N2O3/c1-9-8-10(5-6-11(9)13(16)18)17-12-4-3-7-15(12,2)14(19)20/h5-6,8,12,17H,3-4,7H2,1-2H3,(H2,16,18)(H,19,20). The molecule has 0 aromatic heterocycles. The summed E-state index contributed by atoms with van der Waals surface area (Å²) in [6, 6.07) is 5.18. The van der Waals surface area contributed by atoms with Gasteiger partial charge in [-0.05, 0) is 50.5 Å². The predicted molar refractivity (Wildman–Crippen MR) is 76.7 cm³/mol. The van der Waals surface area contributed by atoms with Crippen molar-refractivity contribution in [2.24, 2.45) is 11.1 Å². The van der Waals surface area contributed by atoms with E-state index in [2.05, 4.69) is 5.32 Å². The zero-order valence-corrected chi connectivity index (χ0v) is 11.8. The first-order chi connectivity index (χ1) is 9.34. The van der Waals surface area contributed by atoms with Crippen LogP contribution in [-0.2, 0) is 4.79 Å². The maximum atomic E-state index is 11.4. The van der Waals surface area contributed by atoms with Gasteiger partial charge >= 0.3 is 5.97 Å². The second kappa shape index (κ2) is 5.15. The summed E-state index contributed by atoms with van der Waals surface area (Å²) >= 11 is 0. The van der Waals surface area contributed by atoms with Gasteiger partial charge in [-0.3, -0.25) is 9.59 Å².